The molecule has 3 fully saturated rings. The molecule has 8 nitrogen and oxygen atoms in total. The van der Waals surface area contributed by atoms with Crippen molar-refractivity contribution in [2.24, 2.45) is 0 Å². The predicted molar refractivity (Wildman–Crippen MR) is 132 cm³/mol. The molecule has 2 bridgehead atoms. The van der Waals surface area contributed by atoms with Gasteiger partial charge in [-0.1, -0.05) is 19.9 Å². The van der Waals surface area contributed by atoms with E-state index in [0.717, 1.165) is 68.8 Å². The second-order valence-corrected chi connectivity index (χ2v) is 10.8. The molecular formula is C26H36N6O2. The van der Waals surface area contributed by atoms with Crippen LogP contribution in [0.4, 0.5) is 10.6 Å². The molecule has 182 valence electrons. The van der Waals surface area contributed by atoms with Crippen LogP contribution in [0.25, 0.3) is 11.2 Å². The molecule has 6 rings (SSSR count). The third kappa shape index (κ3) is 3.96. The standard InChI is InChI=1S/C26H36N6O2/c1-16(2)22-15-28-32-24(12-23(30-25(22)32)17-6-4-3-5-7-17)29-18-10-19-8-9-20(11-18)31(19)26(33)34-21-13-27-14-21/h6,12,15-16,18-21,27,29H,3-5,7-11,13-14H2,1-2H3. The molecule has 1 amide bonds. The largest absolute Gasteiger partial charge is 0.443 e. The van der Waals surface area contributed by atoms with E-state index in [-0.39, 0.29) is 24.3 Å². The number of aromatic nitrogens is 3. The maximum atomic E-state index is 12.8. The average molecular weight is 465 g/mol. The summed E-state index contributed by atoms with van der Waals surface area (Å²) in [4.78, 5) is 19.9. The molecule has 2 aromatic heterocycles. The van der Waals surface area contributed by atoms with Crippen LogP contribution in [0.1, 0.15) is 82.4 Å². The Hall–Kier alpha value is -2.61. The van der Waals surface area contributed by atoms with E-state index in [1.54, 1.807) is 0 Å². The Morgan fingerprint density at radius 3 is 2.65 bits per heavy atom. The first-order valence-electron chi connectivity index (χ1n) is 13.1. The van der Waals surface area contributed by atoms with Crippen LogP contribution in [-0.4, -0.2) is 62.9 Å². The average Bonchev–Trinajstić information content (AvgIpc) is 3.36. The van der Waals surface area contributed by atoms with E-state index in [0.29, 0.717) is 12.0 Å². The number of piperidine rings is 1. The van der Waals surface area contributed by atoms with Crippen LogP contribution in [0.15, 0.2) is 18.3 Å². The zero-order valence-corrected chi connectivity index (χ0v) is 20.3. The fourth-order valence-electron chi connectivity index (χ4n) is 6.08. The van der Waals surface area contributed by atoms with Gasteiger partial charge < -0.3 is 20.3 Å². The van der Waals surface area contributed by atoms with Gasteiger partial charge >= 0.3 is 6.09 Å². The van der Waals surface area contributed by atoms with Gasteiger partial charge in [-0.05, 0) is 62.9 Å². The third-order valence-electron chi connectivity index (χ3n) is 8.05. The molecule has 0 aromatic carbocycles. The fourth-order valence-corrected chi connectivity index (χ4v) is 6.08. The van der Waals surface area contributed by atoms with E-state index in [9.17, 15) is 4.79 Å². The summed E-state index contributed by atoms with van der Waals surface area (Å²) in [7, 11) is 0. The summed E-state index contributed by atoms with van der Waals surface area (Å²) < 4.78 is 7.68. The molecule has 5 heterocycles. The van der Waals surface area contributed by atoms with Gasteiger partial charge in [0.2, 0.25) is 0 Å². The highest BCUT2D eigenvalue weighted by molar-refractivity contribution is 5.70. The highest BCUT2D eigenvalue weighted by Gasteiger charge is 2.45. The molecule has 2 unspecified atom stereocenters. The Balaban J connectivity index is 1.25. The highest BCUT2D eigenvalue weighted by Crippen LogP contribution is 2.38. The Labute approximate surface area is 201 Å². The topological polar surface area (TPSA) is 83.8 Å². The summed E-state index contributed by atoms with van der Waals surface area (Å²) >= 11 is 0. The number of nitrogens with one attached hydrogen (secondary N) is 2. The first-order valence-corrected chi connectivity index (χ1v) is 13.1. The SMILES string of the molecule is CC(C)c1cnn2c(NC3CC4CCC(C3)N4C(=O)OC3CNC3)cc(C3=CCCCC3)nc12. The lowest BCUT2D eigenvalue weighted by molar-refractivity contribution is 0.0194. The number of hydrogen-bond acceptors (Lipinski definition) is 6. The van der Waals surface area contributed by atoms with Crippen LogP contribution in [-0.2, 0) is 4.74 Å². The normalized spacial score (nSPS) is 27.1. The van der Waals surface area contributed by atoms with E-state index in [4.69, 9.17) is 14.8 Å². The first-order chi connectivity index (χ1) is 16.6. The Morgan fingerprint density at radius 1 is 1.21 bits per heavy atom. The minimum atomic E-state index is -0.121. The molecule has 34 heavy (non-hydrogen) atoms. The van der Waals surface area contributed by atoms with Crippen molar-refractivity contribution < 1.29 is 9.53 Å². The lowest BCUT2D eigenvalue weighted by Gasteiger charge is -2.40. The van der Waals surface area contributed by atoms with Crippen LogP contribution < -0.4 is 10.6 Å². The molecule has 0 saturated carbocycles. The lowest BCUT2D eigenvalue weighted by Crippen LogP contribution is -2.55. The number of allylic oxidation sites excluding steroid dienone is 2. The highest BCUT2D eigenvalue weighted by atomic mass is 16.6. The summed E-state index contributed by atoms with van der Waals surface area (Å²) in [5, 5.41) is 11.7. The minimum Gasteiger partial charge on any atom is -0.443 e. The summed E-state index contributed by atoms with van der Waals surface area (Å²) in [6, 6.07) is 2.99. The fraction of sp³-hybridized carbons (Fsp3) is 0.654. The molecule has 2 N–H and O–H groups in total. The van der Waals surface area contributed by atoms with Gasteiger partial charge in [0.1, 0.15) is 11.9 Å². The zero-order chi connectivity index (χ0) is 23.2. The summed E-state index contributed by atoms with van der Waals surface area (Å²) in [5.41, 5.74) is 4.58. The maximum Gasteiger partial charge on any atom is 0.410 e. The van der Waals surface area contributed by atoms with Gasteiger partial charge in [-0.15, -0.1) is 0 Å². The van der Waals surface area contributed by atoms with Gasteiger partial charge in [0, 0.05) is 42.8 Å². The van der Waals surface area contributed by atoms with E-state index in [2.05, 4.69) is 36.6 Å². The van der Waals surface area contributed by atoms with E-state index >= 15 is 0 Å². The van der Waals surface area contributed by atoms with E-state index < -0.39 is 0 Å². The molecule has 1 aliphatic carbocycles. The zero-order valence-electron chi connectivity index (χ0n) is 20.3. The summed E-state index contributed by atoms with van der Waals surface area (Å²) in [6.45, 7) is 5.95. The quantitative estimate of drug-likeness (QED) is 0.685. The molecule has 8 heteroatoms. The number of nitrogens with zero attached hydrogens (tertiary/aromatic N) is 4. The van der Waals surface area contributed by atoms with Crippen molar-refractivity contribution in [3.63, 3.8) is 0 Å². The maximum absolute atomic E-state index is 12.8. The van der Waals surface area contributed by atoms with Crippen molar-refractivity contribution >= 4 is 23.1 Å². The number of anilines is 1. The molecule has 2 atom stereocenters. The van der Waals surface area contributed by atoms with Crippen LogP contribution in [0.3, 0.4) is 0 Å². The summed E-state index contributed by atoms with van der Waals surface area (Å²) in [6.07, 6.45) is 13.0. The first kappa shape index (κ1) is 21.9. The third-order valence-corrected chi connectivity index (χ3v) is 8.05. The van der Waals surface area contributed by atoms with Crippen molar-refractivity contribution in [3.8, 4) is 0 Å². The number of rotatable bonds is 5. The number of hydrogen-bond donors (Lipinski definition) is 2. The minimum absolute atomic E-state index is 0.0373. The molecule has 3 saturated heterocycles. The van der Waals surface area contributed by atoms with Gasteiger partial charge in [0.15, 0.2) is 5.65 Å². The molecule has 4 aliphatic rings. The van der Waals surface area contributed by atoms with Gasteiger partial charge in [-0.2, -0.15) is 9.61 Å². The number of fused-ring (bicyclic) bond motifs is 3. The predicted octanol–water partition coefficient (Wildman–Crippen LogP) is 4.33. The number of amides is 1. The van der Waals surface area contributed by atoms with Crippen LogP contribution in [0.5, 0.6) is 0 Å². The van der Waals surface area contributed by atoms with E-state index in [1.807, 2.05) is 15.6 Å². The number of carbonyl (C=O) groups is 1. The van der Waals surface area contributed by atoms with Crippen molar-refractivity contribution in [2.45, 2.75) is 95.4 Å². The molecule has 0 radical (unpaired) electrons. The second kappa shape index (κ2) is 8.87. The molecule has 2 aromatic rings. The van der Waals surface area contributed by atoms with Crippen molar-refractivity contribution in [2.75, 3.05) is 18.4 Å². The Morgan fingerprint density at radius 2 is 2.00 bits per heavy atom. The second-order valence-electron chi connectivity index (χ2n) is 10.8. The van der Waals surface area contributed by atoms with Gasteiger partial charge in [-0.25, -0.2) is 9.78 Å². The monoisotopic (exact) mass is 464 g/mol. The smallest absolute Gasteiger partial charge is 0.410 e. The van der Waals surface area contributed by atoms with Crippen molar-refractivity contribution in [1.82, 2.24) is 24.8 Å². The van der Waals surface area contributed by atoms with Crippen molar-refractivity contribution in [3.05, 3.63) is 29.6 Å². The van der Waals surface area contributed by atoms with Crippen molar-refractivity contribution in [1.29, 1.82) is 0 Å². The molecular weight excluding hydrogens is 428 g/mol. The Bertz CT molecular complexity index is 1090. The van der Waals surface area contributed by atoms with Gasteiger partial charge in [-0.3, -0.25) is 0 Å². The molecule has 0 spiro atoms. The van der Waals surface area contributed by atoms with Gasteiger partial charge in [0.25, 0.3) is 0 Å². The van der Waals surface area contributed by atoms with Crippen LogP contribution in [0, 0.1) is 0 Å². The molecule has 3 aliphatic heterocycles. The Kier molecular flexibility index (Phi) is 5.71. The van der Waals surface area contributed by atoms with Crippen LogP contribution >= 0.6 is 0 Å². The van der Waals surface area contributed by atoms with Gasteiger partial charge in [0.05, 0.1) is 11.9 Å². The summed E-state index contributed by atoms with van der Waals surface area (Å²) in [5.74, 6) is 1.38. The number of carbonyl (C=O) groups excluding carboxylic acids is 1. The van der Waals surface area contributed by atoms with Crippen LogP contribution in [0.2, 0.25) is 0 Å². The van der Waals surface area contributed by atoms with E-state index in [1.165, 1.54) is 24.0 Å². The number of ether oxygens (including phenoxy) is 1. The lowest BCUT2D eigenvalue weighted by atomic mass is 9.96.